The van der Waals surface area contributed by atoms with Crippen LogP contribution in [0.25, 0.3) is 10.8 Å². The predicted octanol–water partition coefficient (Wildman–Crippen LogP) is 3.74. The number of pyridine rings is 1. The van der Waals surface area contributed by atoms with E-state index < -0.39 is 0 Å². The highest BCUT2D eigenvalue weighted by Gasteiger charge is 1.99. The maximum absolute atomic E-state index is 4.30. The molecule has 18 heavy (non-hydrogen) atoms. The van der Waals surface area contributed by atoms with E-state index in [2.05, 4.69) is 21.6 Å². The minimum Gasteiger partial charge on any atom is -0.261 e. The fourth-order valence-corrected chi connectivity index (χ4v) is 2.34. The Bertz CT molecular complexity index is 669. The van der Waals surface area contributed by atoms with Crippen LogP contribution in [0.1, 0.15) is 5.56 Å². The molecule has 4 heteroatoms. The molecule has 2 aromatic heterocycles. The van der Waals surface area contributed by atoms with E-state index in [1.165, 1.54) is 0 Å². The SMILES string of the molecule is C(=N\Nc1nccc2ccccc12)/c1ccsc1. The summed E-state index contributed by atoms with van der Waals surface area (Å²) in [5, 5.41) is 10.5. The number of hydrogen-bond donors (Lipinski definition) is 1. The van der Waals surface area contributed by atoms with Crippen molar-refractivity contribution in [1.29, 1.82) is 0 Å². The van der Waals surface area contributed by atoms with Crippen LogP contribution in [0.4, 0.5) is 5.82 Å². The fourth-order valence-electron chi connectivity index (χ4n) is 1.73. The molecule has 1 N–H and O–H groups in total. The van der Waals surface area contributed by atoms with E-state index in [0.717, 1.165) is 22.2 Å². The number of hydrogen-bond acceptors (Lipinski definition) is 4. The second-order valence-corrected chi connectivity index (χ2v) is 4.59. The molecule has 0 unspecified atom stereocenters. The summed E-state index contributed by atoms with van der Waals surface area (Å²) in [5.74, 6) is 0.777. The van der Waals surface area contributed by atoms with Gasteiger partial charge >= 0.3 is 0 Å². The van der Waals surface area contributed by atoms with E-state index in [1.807, 2.05) is 41.1 Å². The van der Waals surface area contributed by atoms with Crippen LogP contribution in [0, 0.1) is 0 Å². The molecule has 0 saturated carbocycles. The minimum absolute atomic E-state index is 0.777. The zero-order valence-corrected chi connectivity index (χ0v) is 10.4. The van der Waals surface area contributed by atoms with E-state index in [1.54, 1.807) is 23.7 Å². The Labute approximate surface area is 109 Å². The van der Waals surface area contributed by atoms with Crippen molar-refractivity contribution in [2.75, 3.05) is 5.43 Å². The summed E-state index contributed by atoms with van der Waals surface area (Å²) in [6.45, 7) is 0. The number of nitrogens with one attached hydrogen (secondary N) is 1. The van der Waals surface area contributed by atoms with Gasteiger partial charge in [0.1, 0.15) is 0 Å². The van der Waals surface area contributed by atoms with E-state index >= 15 is 0 Å². The summed E-state index contributed by atoms with van der Waals surface area (Å²) >= 11 is 1.65. The Hall–Kier alpha value is -2.20. The molecule has 0 saturated heterocycles. The maximum Gasteiger partial charge on any atom is 0.154 e. The number of benzene rings is 1. The topological polar surface area (TPSA) is 37.3 Å². The van der Waals surface area contributed by atoms with Gasteiger partial charge in [-0.25, -0.2) is 4.98 Å². The highest BCUT2D eigenvalue weighted by atomic mass is 32.1. The molecule has 0 bridgehead atoms. The Morgan fingerprint density at radius 3 is 3.00 bits per heavy atom. The average molecular weight is 253 g/mol. The van der Waals surface area contributed by atoms with Crippen LogP contribution in [0.5, 0.6) is 0 Å². The van der Waals surface area contributed by atoms with E-state index in [0.29, 0.717) is 0 Å². The van der Waals surface area contributed by atoms with Crippen LogP contribution < -0.4 is 5.43 Å². The normalized spacial score (nSPS) is 11.1. The third-order valence-electron chi connectivity index (χ3n) is 2.60. The highest BCUT2D eigenvalue weighted by Crippen LogP contribution is 2.20. The van der Waals surface area contributed by atoms with Crippen LogP contribution in [-0.2, 0) is 0 Å². The lowest BCUT2D eigenvalue weighted by molar-refractivity contribution is 1.25. The van der Waals surface area contributed by atoms with Gasteiger partial charge in [0.25, 0.3) is 0 Å². The van der Waals surface area contributed by atoms with Gasteiger partial charge in [0.15, 0.2) is 5.82 Å². The second-order valence-electron chi connectivity index (χ2n) is 3.81. The highest BCUT2D eigenvalue weighted by molar-refractivity contribution is 7.08. The van der Waals surface area contributed by atoms with Gasteiger partial charge in [-0.2, -0.15) is 16.4 Å². The molecule has 3 nitrogen and oxygen atoms in total. The molecule has 0 aliphatic carbocycles. The van der Waals surface area contributed by atoms with Crippen LogP contribution in [0.2, 0.25) is 0 Å². The Balaban J connectivity index is 1.87. The number of fused-ring (bicyclic) bond motifs is 1. The summed E-state index contributed by atoms with van der Waals surface area (Å²) in [6, 6.07) is 12.1. The van der Waals surface area contributed by atoms with E-state index in [9.17, 15) is 0 Å². The van der Waals surface area contributed by atoms with E-state index in [4.69, 9.17) is 0 Å². The Kier molecular flexibility index (Phi) is 3.02. The van der Waals surface area contributed by atoms with Crippen LogP contribution in [0.15, 0.2) is 58.5 Å². The molecule has 1 aromatic carbocycles. The van der Waals surface area contributed by atoms with E-state index in [-0.39, 0.29) is 0 Å². The summed E-state index contributed by atoms with van der Waals surface area (Å²) in [4.78, 5) is 4.30. The van der Waals surface area contributed by atoms with Crippen LogP contribution >= 0.6 is 11.3 Å². The third kappa shape index (κ3) is 2.24. The van der Waals surface area contributed by atoms with Crippen molar-refractivity contribution in [1.82, 2.24) is 4.98 Å². The molecule has 3 aromatic rings. The molecule has 0 spiro atoms. The van der Waals surface area contributed by atoms with Gasteiger partial charge in [-0.3, -0.25) is 5.43 Å². The molecular weight excluding hydrogens is 242 g/mol. The van der Waals surface area contributed by atoms with Gasteiger partial charge in [-0.15, -0.1) is 0 Å². The standard InChI is InChI=1S/C14H11N3S/c1-2-4-13-12(3-1)5-7-15-14(13)17-16-9-11-6-8-18-10-11/h1-10H,(H,15,17)/b16-9+. The van der Waals surface area contributed by atoms with Crippen molar-refractivity contribution >= 4 is 34.1 Å². The Morgan fingerprint density at radius 1 is 1.17 bits per heavy atom. The van der Waals surface area contributed by atoms with Gasteiger partial charge in [0.05, 0.1) is 6.21 Å². The number of thiophene rings is 1. The number of hydrazone groups is 1. The predicted molar refractivity (Wildman–Crippen MR) is 77.3 cm³/mol. The quantitative estimate of drug-likeness (QED) is 0.570. The summed E-state index contributed by atoms with van der Waals surface area (Å²) in [7, 11) is 0. The summed E-state index contributed by atoms with van der Waals surface area (Å²) < 4.78 is 0. The molecular formula is C14H11N3S. The summed E-state index contributed by atoms with van der Waals surface area (Å²) in [6.07, 6.45) is 3.57. The van der Waals surface area contributed by atoms with Crippen LogP contribution in [-0.4, -0.2) is 11.2 Å². The van der Waals surface area contributed by atoms with Crippen molar-refractivity contribution in [3.63, 3.8) is 0 Å². The molecule has 0 aliphatic heterocycles. The van der Waals surface area contributed by atoms with Gasteiger partial charge in [0.2, 0.25) is 0 Å². The lowest BCUT2D eigenvalue weighted by Crippen LogP contribution is -1.93. The lowest BCUT2D eigenvalue weighted by Gasteiger charge is -2.03. The zero-order chi connectivity index (χ0) is 12.2. The van der Waals surface area contributed by atoms with Gasteiger partial charge in [0, 0.05) is 17.1 Å². The number of nitrogens with zero attached hydrogens (tertiary/aromatic N) is 2. The molecule has 3 rings (SSSR count). The van der Waals surface area contributed by atoms with Crippen molar-refractivity contribution in [2.24, 2.45) is 5.10 Å². The molecule has 88 valence electrons. The zero-order valence-electron chi connectivity index (χ0n) is 9.58. The first-order valence-electron chi connectivity index (χ1n) is 5.58. The Morgan fingerprint density at radius 2 is 2.11 bits per heavy atom. The van der Waals surface area contributed by atoms with Crippen LogP contribution in [0.3, 0.4) is 0 Å². The van der Waals surface area contributed by atoms with Gasteiger partial charge < -0.3 is 0 Å². The molecule has 0 atom stereocenters. The molecule has 0 amide bonds. The largest absolute Gasteiger partial charge is 0.261 e. The fraction of sp³-hybridized carbons (Fsp3) is 0. The van der Waals surface area contributed by atoms with Crippen molar-refractivity contribution in [3.8, 4) is 0 Å². The van der Waals surface area contributed by atoms with Crippen molar-refractivity contribution in [3.05, 3.63) is 58.9 Å². The first-order chi connectivity index (χ1) is 8.93. The smallest absolute Gasteiger partial charge is 0.154 e. The number of aromatic nitrogens is 1. The third-order valence-corrected chi connectivity index (χ3v) is 3.30. The van der Waals surface area contributed by atoms with Crippen molar-refractivity contribution < 1.29 is 0 Å². The monoisotopic (exact) mass is 253 g/mol. The lowest BCUT2D eigenvalue weighted by atomic mass is 10.2. The maximum atomic E-state index is 4.30. The average Bonchev–Trinajstić information content (AvgIpc) is 2.92. The number of anilines is 1. The molecule has 0 aliphatic rings. The molecule has 0 radical (unpaired) electrons. The van der Waals surface area contributed by atoms with Gasteiger partial charge in [-0.1, -0.05) is 24.3 Å². The molecule has 0 fully saturated rings. The summed E-state index contributed by atoms with van der Waals surface area (Å²) in [5.41, 5.74) is 4.08. The first-order valence-corrected chi connectivity index (χ1v) is 6.53. The number of rotatable bonds is 3. The van der Waals surface area contributed by atoms with Gasteiger partial charge in [-0.05, 0) is 28.3 Å². The minimum atomic E-state index is 0.777. The first kappa shape index (κ1) is 10.9. The molecule has 2 heterocycles. The van der Waals surface area contributed by atoms with Crippen molar-refractivity contribution in [2.45, 2.75) is 0 Å². The second kappa shape index (κ2) is 4.98.